The van der Waals surface area contributed by atoms with Gasteiger partial charge in [0.15, 0.2) is 30.3 Å². The topological polar surface area (TPSA) is 141 Å². The van der Waals surface area contributed by atoms with Gasteiger partial charge < -0.3 is 24.3 Å². The molecule has 0 bridgehead atoms. The van der Waals surface area contributed by atoms with Crippen LogP contribution < -0.4 is 5.73 Å². The van der Waals surface area contributed by atoms with Gasteiger partial charge in [0.25, 0.3) is 0 Å². The molecule has 0 saturated carbocycles. The Morgan fingerprint density at radius 3 is 2.57 bits per heavy atom. The van der Waals surface area contributed by atoms with Gasteiger partial charge in [-0.15, -0.1) is 0 Å². The Morgan fingerprint density at radius 2 is 1.97 bits per heavy atom. The third-order valence-electron chi connectivity index (χ3n) is 4.59. The van der Waals surface area contributed by atoms with E-state index in [4.69, 9.17) is 24.3 Å². The molecule has 0 fully saturated rings. The number of hydrogen-bond acceptors (Lipinski definition) is 10. The molecule has 30 heavy (non-hydrogen) atoms. The number of carbonyl (C=O) groups excluding carboxylic acids is 1. The zero-order valence-electron chi connectivity index (χ0n) is 17.8. The van der Waals surface area contributed by atoms with Crippen LogP contribution in [0.3, 0.4) is 0 Å². The minimum Gasteiger partial charge on any atom is -0.382 e. The summed E-state index contributed by atoms with van der Waals surface area (Å²) in [4.78, 5) is 25.4. The van der Waals surface area contributed by atoms with Gasteiger partial charge in [-0.25, -0.2) is 15.0 Å². The fourth-order valence-corrected chi connectivity index (χ4v) is 3.52. The summed E-state index contributed by atoms with van der Waals surface area (Å²) in [6, 6.07) is 0. The number of fused-ring (bicyclic) bond motifs is 1. The SMILES string of the molecule is COP(=O)(COC1C=C(C)C(n2cnc3c(N)nc(C(=O)C(C)(C)C)nc32)O1)OC. The van der Waals surface area contributed by atoms with E-state index in [1.165, 1.54) is 20.5 Å². The van der Waals surface area contributed by atoms with E-state index in [9.17, 15) is 9.36 Å². The Morgan fingerprint density at radius 1 is 1.30 bits per heavy atom. The summed E-state index contributed by atoms with van der Waals surface area (Å²) in [5, 5.41) is 0. The zero-order valence-corrected chi connectivity index (χ0v) is 18.7. The van der Waals surface area contributed by atoms with Crippen molar-refractivity contribution in [2.45, 2.75) is 40.2 Å². The van der Waals surface area contributed by atoms with Crippen molar-refractivity contribution in [1.29, 1.82) is 0 Å². The van der Waals surface area contributed by atoms with E-state index in [1.807, 2.05) is 6.92 Å². The minimum atomic E-state index is -3.34. The number of nitrogens with zero attached hydrogens (tertiary/aromatic N) is 4. The lowest BCUT2D eigenvalue weighted by molar-refractivity contribution is -0.127. The Bertz CT molecular complexity index is 1040. The van der Waals surface area contributed by atoms with Gasteiger partial charge in [-0.3, -0.25) is 13.9 Å². The number of nitrogens with two attached hydrogens (primary N) is 1. The van der Waals surface area contributed by atoms with Crippen molar-refractivity contribution in [3.05, 3.63) is 23.8 Å². The van der Waals surface area contributed by atoms with Crippen LogP contribution in [0.25, 0.3) is 11.2 Å². The third-order valence-corrected chi connectivity index (χ3v) is 6.17. The van der Waals surface area contributed by atoms with Gasteiger partial charge in [-0.2, -0.15) is 0 Å². The van der Waals surface area contributed by atoms with E-state index in [0.29, 0.717) is 11.2 Å². The smallest absolute Gasteiger partial charge is 0.355 e. The number of ether oxygens (including phenoxy) is 2. The summed E-state index contributed by atoms with van der Waals surface area (Å²) in [6.45, 7) is 7.19. The first-order valence-corrected chi connectivity index (χ1v) is 10.9. The predicted molar refractivity (Wildman–Crippen MR) is 109 cm³/mol. The molecule has 0 aromatic carbocycles. The second-order valence-electron chi connectivity index (χ2n) is 7.87. The first kappa shape index (κ1) is 22.5. The minimum absolute atomic E-state index is 0.0165. The number of Topliss-reactive ketones (excluding diaryl/α,β-unsaturated/α-hetero) is 1. The highest BCUT2D eigenvalue weighted by atomic mass is 31.2. The monoisotopic (exact) mass is 439 g/mol. The molecule has 2 aromatic heterocycles. The summed E-state index contributed by atoms with van der Waals surface area (Å²) < 4.78 is 35.0. The molecule has 2 aromatic rings. The average Bonchev–Trinajstić information content (AvgIpc) is 3.28. The number of nitrogen functional groups attached to an aromatic ring is 1. The number of rotatable bonds is 7. The summed E-state index contributed by atoms with van der Waals surface area (Å²) in [6.07, 6.45) is 1.60. The van der Waals surface area contributed by atoms with Crippen LogP contribution in [0.2, 0.25) is 0 Å². The van der Waals surface area contributed by atoms with Crippen molar-refractivity contribution >= 4 is 30.4 Å². The van der Waals surface area contributed by atoms with Crippen LogP contribution in [0.15, 0.2) is 18.0 Å². The van der Waals surface area contributed by atoms with Crippen molar-refractivity contribution in [2.24, 2.45) is 5.41 Å². The maximum atomic E-state index is 12.6. The van der Waals surface area contributed by atoms with Gasteiger partial charge >= 0.3 is 7.60 Å². The van der Waals surface area contributed by atoms with E-state index in [-0.39, 0.29) is 23.8 Å². The molecule has 164 valence electrons. The third kappa shape index (κ3) is 4.30. The number of imidazole rings is 1. The molecule has 0 spiro atoms. The molecule has 2 unspecified atom stereocenters. The van der Waals surface area contributed by atoms with Crippen molar-refractivity contribution in [1.82, 2.24) is 19.5 Å². The molecule has 1 aliphatic heterocycles. The number of carbonyl (C=O) groups is 1. The summed E-state index contributed by atoms with van der Waals surface area (Å²) in [5.41, 5.74) is 6.90. The van der Waals surface area contributed by atoms with Crippen LogP contribution >= 0.6 is 7.60 Å². The van der Waals surface area contributed by atoms with Gasteiger partial charge in [0, 0.05) is 19.6 Å². The van der Waals surface area contributed by atoms with Crippen molar-refractivity contribution in [2.75, 3.05) is 26.3 Å². The number of aromatic nitrogens is 4. The molecule has 11 nitrogen and oxygen atoms in total. The molecule has 3 rings (SSSR count). The zero-order chi connectivity index (χ0) is 22.3. The van der Waals surface area contributed by atoms with Gasteiger partial charge in [0.1, 0.15) is 5.52 Å². The van der Waals surface area contributed by atoms with Gasteiger partial charge in [-0.1, -0.05) is 20.8 Å². The van der Waals surface area contributed by atoms with E-state index >= 15 is 0 Å². The molecular formula is C18H26N5O6P. The second-order valence-corrected chi connectivity index (χ2v) is 10.1. The van der Waals surface area contributed by atoms with Crippen LogP contribution in [0.5, 0.6) is 0 Å². The first-order chi connectivity index (χ1) is 14.0. The molecule has 12 heteroatoms. The van der Waals surface area contributed by atoms with Crippen LogP contribution in [0.4, 0.5) is 5.82 Å². The predicted octanol–water partition coefficient (Wildman–Crippen LogP) is 2.90. The largest absolute Gasteiger partial charge is 0.382 e. The highest BCUT2D eigenvalue weighted by molar-refractivity contribution is 7.53. The average molecular weight is 439 g/mol. The number of hydrogen-bond donors (Lipinski definition) is 1. The number of ketones is 1. The lowest BCUT2D eigenvalue weighted by Crippen LogP contribution is -2.23. The van der Waals surface area contributed by atoms with Crippen molar-refractivity contribution in [3.63, 3.8) is 0 Å². The van der Waals surface area contributed by atoms with Crippen molar-refractivity contribution in [3.8, 4) is 0 Å². The van der Waals surface area contributed by atoms with E-state index in [0.717, 1.165) is 5.57 Å². The maximum absolute atomic E-state index is 12.6. The molecule has 2 N–H and O–H groups in total. The first-order valence-electron chi connectivity index (χ1n) is 9.20. The van der Waals surface area contributed by atoms with E-state index in [2.05, 4.69) is 15.0 Å². The molecular weight excluding hydrogens is 413 g/mol. The second kappa shape index (κ2) is 8.16. The molecule has 0 amide bonds. The standard InChI is InChI=1S/C18H26N5O6P/c1-10-7-11(28-9-30(25,26-5)27-6)29-17(10)23-8-20-12-14(19)21-15(22-16(12)23)13(24)18(2,3)4/h7-8,11,17H,9H2,1-6H3,(H2,19,21,22). The maximum Gasteiger partial charge on any atom is 0.355 e. The lowest BCUT2D eigenvalue weighted by Gasteiger charge is -2.20. The summed E-state index contributed by atoms with van der Waals surface area (Å²) in [5.74, 6) is -0.109. The highest BCUT2D eigenvalue weighted by Crippen LogP contribution is 2.47. The number of anilines is 1. The van der Waals surface area contributed by atoms with Crippen molar-refractivity contribution < 1.29 is 27.9 Å². The molecule has 0 saturated heterocycles. The van der Waals surface area contributed by atoms with Gasteiger partial charge in [0.2, 0.25) is 11.6 Å². The summed E-state index contributed by atoms with van der Waals surface area (Å²) >= 11 is 0. The lowest BCUT2D eigenvalue weighted by atomic mass is 9.90. The molecule has 2 atom stereocenters. The van der Waals surface area contributed by atoms with E-state index < -0.39 is 25.5 Å². The Hall–Kier alpha value is -2.17. The van der Waals surface area contributed by atoms with Gasteiger partial charge in [-0.05, 0) is 18.6 Å². The molecule has 3 heterocycles. The fourth-order valence-electron chi connectivity index (χ4n) is 2.83. The van der Waals surface area contributed by atoms with Crippen LogP contribution in [-0.4, -0.2) is 52.2 Å². The van der Waals surface area contributed by atoms with Crippen LogP contribution in [0, 0.1) is 5.41 Å². The molecule has 0 aliphatic carbocycles. The Balaban J connectivity index is 1.88. The Labute approximate surface area is 174 Å². The molecule has 0 radical (unpaired) electrons. The highest BCUT2D eigenvalue weighted by Gasteiger charge is 2.32. The Kier molecular flexibility index (Phi) is 6.13. The normalized spacial score (nSPS) is 20.0. The van der Waals surface area contributed by atoms with Crippen LogP contribution in [-0.2, 0) is 23.1 Å². The van der Waals surface area contributed by atoms with Crippen LogP contribution in [0.1, 0.15) is 44.5 Å². The van der Waals surface area contributed by atoms with Gasteiger partial charge in [0.05, 0.1) is 6.33 Å². The fraction of sp³-hybridized carbons (Fsp3) is 0.556. The van der Waals surface area contributed by atoms with E-state index in [1.54, 1.807) is 31.4 Å². The summed E-state index contributed by atoms with van der Waals surface area (Å²) in [7, 11) is -0.772. The quantitative estimate of drug-likeness (QED) is 0.389. The molecule has 1 aliphatic rings.